The van der Waals surface area contributed by atoms with Crippen molar-refractivity contribution < 1.29 is 14.3 Å². The van der Waals surface area contributed by atoms with E-state index in [1.807, 2.05) is 52.0 Å². The van der Waals surface area contributed by atoms with E-state index >= 15 is 0 Å². The van der Waals surface area contributed by atoms with Crippen LogP contribution in [0.15, 0.2) is 48.5 Å². The van der Waals surface area contributed by atoms with E-state index in [0.717, 1.165) is 5.56 Å². The number of para-hydroxylation sites is 1. The summed E-state index contributed by atoms with van der Waals surface area (Å²) >= 11 is 0. The number of hydrogen-bond acceptors (Lipinski definition) is 3. The van der Waals surface area contributed by atoms with Crippen LogP contribution in [0.25, 0.3) is 0 Å². The summed E-state index contributed by atoms with van der Waals surface area (Å²) < 4.78 is 5.53. The van der Waals surface area contributed by atoms with E-state index in [1.165, 1.54) is 0 Å². The lowest BCUT2D eigenvalue weighted by Gasteiger charge is -2.18. The number of carbonyl (C=O) groups excluding carboxylic acids is 2. The predicted octanol–water partition coefficient (Wildman–Crippen LogP) is 4.00. The van der Waals surface area contributed by atoms with Crippen LogP contribution in [-0.2, 0) is 9.59 Å². The SMILES string of the molecule is Cc1ccccc1OCC(=O)Nc1cccc(NC(=O)C(C)(C)C)c1. The molecule has 0 unspecified atom stereocenters. The minimum Gasteiger partial charge on any atom is -0.483 e. The Hall–Kier alpha value is -2.82. The molecule has 0 saturated heterocycles. The van der Waals surface area contributed by atoms with Gasteiger partial charge < -0.3 is 15.4 Å². The molecule has 2 N–H and O–H groups in total. The fourth-order valence-electron chi connectivity index (χ4n) is 2.05. The molecule has 0 heterocycles. The zero-order valence-electron chi connectivity index (χ0n) is 15.1. The molecule has 0 aliphatic carbocycles. The topological polar surface area (TPSA) is 67.4 Å². The zero-order valence-corrected chi connectivity index (χ0v) is 15.1. The van der Waals surface area contributed by atoms with Gasteiger partial charge in [-0.05, 0) is 36.8 Å². The van der Waals surface area contributed by atoms with Gasteiger partial charge in [0.1, 0.15) is 5.75 Å². The molecule has 0 aliphatic rings. The highest BCUT2D eigenvalue weighted by atomic mass is 16.5. The van der Waals surface area contributed by atoms with Crippen molar-refractivity contribution >= 4 is 23.2 Å². The highest BCUT2D eigenvalue weighted by Gasteiger charge is 2.21. The van der Waals surface area contributed by atoms with Gasteiger partial charge in [-0.2, -0.15) is 0 Å². The van der Waals surface area contributed by atoms with Gasteiger partial charge in [0.25, 0.3) is 5.91 Å². The number of hydrogen-bond donors (Lipinski definition) is 2. The summed E-state index contributed by atoms with van der Waals surface area (Å²) in [4.78, 5) is 24.1. The van der Waals surface area contributed by atoms with Crippen molar-refractivity contribution in [1.29, 1.82) is 0 Å². The van der Waals surface area contributed by atoms with Crippen molar-refractivity contribution in [3.63, 3.8) is 0 Å². The molecule has 0 fully saturated rings. The van der Waals surface area contributed by atoms with E-state index in [-0.39, 0.29) is 18.4 Å². The summed E-state index contributed by atoms with van der Waals surface area (Å²) in [6.07, 6.45) is 0. The molecule has 2 aromatic rings. The molecule has 2 aromatic carbocycles. The molecular formula is C20H24N2O3. The van der Waals surface area contributed by atoms with Crippen molar-refractivity contribution in [1.82, 2.24) is 0 Å². The van der Waals surface area contributed by atoms with Gasteiger partial charge in [-0.1, -0.05) is 45.0 Å². The second-order valence-corrected chi connectivity index (χ2v) is 6.89. The monoisotopic (exact) mass is 340 g/mol. The van der Waals surface area contributed by atoms with E-state index in [0.29, 0.717) is 17.1 Å². The maximum absolute atomic E-state index is 12.1. The van der Waals surface area contributed by atoms with Crippen molar-refractivity contribution in [3.8, 4) is 5.75 Å². The van der Waals surface area contributed by atoms with Crippen LogP contribution in [-0.4, -0.2) is 18.4 Å². The Morgan fingerprint density at radius 1 is 0.960 bits per heavy atom. The van der Waals surface area contributed by atoms with Gasteiger partial charge in [-0.25, -0.2) is 0 Å². The second-order valence-electron chi connectivity index (χ2n) is 6.89. The minimum absolute atomic E-state index is 0.0799. The summed E-state index contributed by atoms with van der Waals surface area (Å²) in [6, 6.07) is 14.6. The van der Waals surface area contributed by atoms with Crippen LogP contribution < -0.4 is 15.4 Å². The fourth-order valence-corrected chi connectivity index (χ4v) is 2.05. The highest BCUT2D eigenvalue weighted by molar-refractivity contribution is 5.96. The molecular weight excluding hydrogens is 316 g/mol. The Bertz CT molecular complexity index is 764. The van der Waals surface area contributed by atoms with E-state index in [9.17, 15) is 9.59 Å². The van der Waals surface area contributed by atoms with Crippen LogP contribution in [0.2, 0.25) is 0 Å². The van der Waals surface area contributed by atoms with E-state index < -0.39 is 5.41 Å². The van der Waals surface area contributed by atoms with Gasteiger partial charge in [0, 0.05) is 16.8 Å². The molecule has 0 saturated carbocycles. The van der Waals surface area contributed by atoms with Gasteiger partial charge in [0.2, 0.25) is 5.91 Å². The van der Waals surface area contributed by atoms with Gasteiger partial charge in [0.15, 0.2) is 6.61 Å². The predicted molar refractivity (Wildman–Crippen MR) is 99.8 cm³/mol. The largest absolute Gasteiger partial charge is 0.483 e. The number of amides is 2. The molecule has 5 nitrogen and oxygen atoms in total. The Kier molecular flexibility index (Phi) is 5.80. The summed E-state index contributed by atoms with van der Waals surface area (Å²) in [5, 5.41) is 5.61. The molecule has 2 rings (SSSR count). The lowest BCUT2D eigenvalue weighted by molar-refractivity contribution is -0.123. The molecule has 0 spiro atoms. The van der Waals surface area contributed by atoms with Crippen molar-refractivity contribution in [2.75, 3.05) is 17.2 Å². The Labute approximate surface area is 148 Å². The van der Waals surface area contributed by atoms with E-state index in [1.54, 1.807) is 24.3 Å². The first-order chi connectivity index (χ1) is 11.8. The van der Waals surface area contributed by atoms with Crippen LogP contribution in [0.4, 0.5) is 11.4 Å². The summed E-state index contributed by atoms with van der Waals surface area (Å²) in [5.41, 5.74) is 1.73. The molecule has 0 bridgehead atoms. The molecule has 0 atom stereocenters. The van der Waals surface area contributed by atoms with Crippen LogP contribution in [0, 0.1) is 12.3 Å². The van der Waals surface area contributed by atoms with Crippen LogP contribution in [0.1, 0.15) is 26.3 Å². The van der Waals surface area contributed by atoms with E-state index in [4.69, 9.17) is 4.74 Å². The number of aryl methyl sites for hydroxylation is 1. The summed E-state index contributed by atoms with van der Waals surface area (Å²) in [6.45, 7) is 7.38. The Morgan fingerprint density at radius 3 is 2.24 bits per heavy atom. The first-order valence-electron chi connectivity index (χ1n) is 8.15. The number of nitrogens with one attached hydrogen (secondary N) is 2. The van der Waals surface area contributed by atoms with E-state index in [2.05, 4.69) is 10.6 Å². The molecule has 132 valence electrons. The average molecular weight is 340 g/mol. The molecule has 25 heavy (non-hydrogen) atoms. The number of carbonyl (C=O) groups is 2. The van der Waals surface area contributed by atoms with Crippen LogP contribution in [0.5, 0.6) is 5.75 Å². The van der Waals surface area contributed by atoms with Gasteiger partial charge in [-0.3, -0.25) is 9.59 Å². The van der Waals surface area contributed by atoms with Crippen molar-refractivity contribution in [2.24, 2.45) is 5.41 Å². The van der Waals surface area contributed by atoms with Crippen molar-refractivity contribution in [2.45, 2.75) is 27.7 Å². The first-order valence-corrected chi connectivity index (χ1v) is 8.15. The fraction of sp³-hybridized carbons (Fsp3) is 0.300. The third-order valence-electron chi connectivity index (χ3n) is 3.54. The maximum Gasteiger partial charge on any atom is 0.262 e. The summed E-state index contributed by atoms with van der Waals surface area (Å²) in [5.74, 6) is 0.338. The molecule has 0 aromatic heterocycles. The first kappa shape index (κ1) is 18.5. The van der Waals surface area contributed by atoms with Crippen molar-refractivity contribution in [3.05, 3.63) is 54.1 Å². The Morgan fingerprint density at radius 2 is 1.60 bits per heavy atom. The molecule has 5 heteroatoms. The number of benzene rings is 2. The molecule has 0 radical (unpaired) electrons. The molecule has 2 amide bonds. The average Bonchev–Trinajstić information content (AvgIpc) is 2.53. The normalized spacial score (nSPS) is 10.9. The van der Waals surface area contributed by atoms with Gasteiger partial charge in [-0.15, -0.1) is 0 Å². The number of anilines is 2. The highest BCUT2D eigenvalue weighted by Crippen LogP contribution is 2.20. The van der Waals surface area contributed by atoms with Gasteiger partial charge >= 0.3 is 0 Å². The third-order valence-corrected chi connectivity index (χ3v) is 3.54. The Balaban J connectivity index is 1.94. The summed E-state index contributed by atoms with van der Waals surface area (Å²) in [7, 11) is 0. The standard InChI is InChI=1S/C20H24N2O3/c1-14-8-5-6-11-17(14)25-13-18(23)21-15-9-7-10-16(12-15)22-19(24)20(2,3)4/h5-12H,13H2,1-4H3,(H,21,23)(H,22,24). The lowest BCUT2D eigenvalue weighted by Crippen LogP contribution is -2.27. The number of ether oxygens (including phenoxy) is 1. The smallest absolute Gasteiger partial charge is 0.262 e. The third kappa shape index (κ3) is 5.64. The zero-order chi connectivity index (χ0) is 18.4. The lowest BCUT2D eigenvalue weighted by atomic mass is 9.95. The second kappa shape index (κ2) is 7.83. The van der Waals surface area contributed by atoms with Gasteiger partial charge in [0.05, 0.1) is 0 Å². The molecule has 0 aliphatic heterocycles. The van der Waals surface area contributed by atoms with Crippen LogP contribution in [0.3, 0.4) is 0 Å². The van der Waals surface area contributed by atoms with Crippen LogP contribution >= 0.6 is 0 Å². The quantitative estimate of drug-likeness (QED) is 0.864. The maximum atomic E-state index is 12.1. The minimum atomic E-state index is -0.485. The number of rotatable bonds is 5.